The molecule has 0 atom stereocenters. The number of benzene rings is 3. The number of carbonyl (C=O) groups is 2. The highest BCUT2D eigenvalue weighted by atomic mass is 16.5. The largest absolute Gasteiger partial charge is 0.459 e. The summed E-state index contributed by atoms with van der Waals surface area (Å²) < 4.78 is 10.6. The van der Waals surface area contributed by atoms with Crippen LogP contribution in [0.2, 0.25) is 0 Å². The van der Waals surface area contributed by atoms with E-state index >= 15 is 0 Å². The summed E-state index contributed by atoms with van der Waals surface area (Å²) in [6.45, 7) is 5.87. The van der Waals surface area contributed by atoms with Gasteiger partial charge in [0.2, 0.25) is 0 Å². The molecular formula is C31H34O4. The van der Waals surface area contributed by atoms with Crippen molar-refractivity contribution in [1.82, 2.24) is 0 Å². The predicted molar refractivity (Wildman–Crippen MR) is 141 cm³/mol. The number of hydrogen-bond donors (Lipinski definition) is 0. The van der Waals surface area contributed by atoms with E-state index in [1.165, 1.54) is 37.3 Å². The van der Waals surface area contributed by atoms with Crippen molar-refractivity contribution in [2.45, 2.75) is 59.0 Å². The van der Waals surface area contributed by atoms with Crippen molar-refractivity contribution in [2.24, 2.45) is 0 Å². The van der Waals surface area contributed by atoms with E-state index in [0.29, 0.717) is 11.3 Å². The van der Waals surface area contributed by atoms with Gasteiger partial charge in [-0.1, -0.05) is 74.7 Å². The van der Waals surface area contributed by atoms with E-state index < -0.39 is 5.97 Å². The van der Waals surface area contributed by atoms with Crippen LogP contribution < -0.4 is 4.74 Å². The summed E-state index contributed by atoms with van der Waals surface area (Å²) in [7, 11) is 0. The van der Waals surface area contributed by atoms with E-state index in [1.807, 2.05) is 50.2 Å². The molecule has 3 aromatic rings. The molecule has 0 unspecified atom stereocenters. The van der Waals surface area contributed by atoms with Gasteiger partial charge >= 0.3 is 11.9 Å². The van der Waals surface area contributed by atoms with E-state index in [2.05, 4.69) is 19.1 Å². The van der Waals surface area contributed by atoms with Crippen LogP contribution in [0.25, 0.3) is 17.2 Å². The summed E-state index contributed by atoms with van der Waals surface area (Å²) in [5.41, 5.74) is 4.72. The molecule has 3 aromatic carbocycles. The lowest BCUT2D eigenvalue weighted by Gasteiger charge is -2.09. The Bertz CT molecular complexity index is 1110. The molecule has 0 fully saturated rings. The summed E-state index contributed by atoms with van der Waals surface area (Å²) >= 11 is 0. The Morgan fingerprint density at radius 3 is 2.03 bits per heavy atom. The zero-order chi connectivity index (χ0) is 25.0. The zero-order valence-corrected chi connectivity index (χ0v) is 20.8. The summed E-state index contributed by atoms with van der Waals surface area (Å²) in [6.07, 6.45) is 9.17. The van der Waals surface area contributed by atoms with Gasteiger partial charge in [-0.15, -0.1) is 0 Å². The fourth-order valence-electron chi connectivity index (χ4n) is 3.66. The maximum absolute atomic E-state index is 12.2. The van der Waals surface area contributed by atoms with Crippen molar-refractivity contribution in [2.75, 3.05) is 0 Å². The third-order valence-corrected chi connectivity index (χ3v) is 5.58. The molecule has 0 aromatic heterocycles. The Hall–Kier alpha value is -3.66. The summed E-state index contributed by atoms with van der Waals surface area (Å²) in [6, 6.07) is 22.8. The molecule has 0 spiro atoms. The second-order valence-electron chi connectivity index (χ2n) is 8.86. The van der Waals surface area contributed by atoms with Crippen molar-refractivity contribution in [1.29, 1.82) is 0 Å². The fraction of sp³-hybridized carbons (Fsp3) is 0.290. The number of ether oxygens (including phenoxy) is 2. The lowest BCUT2D eigenvalue weighted by atomic mass is 10.0. The van der Waals surface area contributed by atoms with E-state index in [4.69, 9.17) is 9.47 Å². The van der Waals surface area contributed by atoms with E-state index in [1.54, 1.807) is 30.3 Å². The van der Waals surface area contributed by atoms with Gasteiger partial charge in [-0.05, 0) is 79.3 Å². The van der Waals surface area contributed by atoms with Crippen molar-refractivity contribution < 1.29 is 19.1 Å². The van der Waals surface area contributed by atoms with Crippen LogP contribution in [0.3, 0.4) is 0 Å². The van der Waals surface area contributed by atoms with Crippen LogP contribution in [-0.2, 0) is 16.0 Å². The van der Waals surface area contributed by atoms with Crippen molar-refractivity contribution >= 4 is 18.0 Å². The average molecular weight is 471 g/mol. The highest BCUT2D eigenvalue weighted by Crippen LogP contribution is 2.23. The quantitative estimate of drug-likeness (QED) is 0.125. The van der Waals surface area contributed by atoms with Crippen molar-refractivity contribution in [3.8, 4) is 16.9 Å². The second kappa shape index (κ2) is 13.3. The molecular weight excluding hydrogens is 436 g/mol. The van der Waals surface area contributed by atoms with Crippen LogP contribution in [0, 0.1) is 0 Å². The molecule has 3 rings (SSSR count). The molecule has 0 heterocycles. The van der Waals surface area contributed by atoms with Gasteiger partial charge in [-0.2, -0.15) is 0 Å². The first-order chi connectivity index (χ1) is 16.9. The van der Waals surface area contributed by atoms with Gasteiger partial charge in [0.25, 0.3) is 0 Å². The Balaban J connectivity index is 1.51. The van der Waals surface area contributed by atoms with E-state index in [9.17, 15) is 9.59 Å². The lowest BCUT2D eigenvalue weighted by molar-refractivity contribution is -0.128. The maximum Gasteiger partial charge on any atom is 0.338 e. The fourth-order valence-corrected chi connectivity index (χ4v) is 3.66. The summed E-state index contributed by atoms with van der Waals surface area (Å²) in [4.78, 5) is 24.2. The van der Waals surface area contributed by atoms with Crippen LogP contribution in [0.4, 0.5) is 0 Å². The number of aryl methyl sites for hydroxylation is 1. The van der Waals surface area contributed by atoms with Gasteiger partial charge in [0.05, 0.1) is 11.7 Å². The highest BCUT2D eigenvalue weighted by molar-refractivity contribution is 5.90. The minimum atomic E-state index is -0.422. The first-order valence-corrected chi connectivity index (χ1v) is 12.3. The molecule has 4 heteroatoms. The summed E-state index contributed by atoms with van der Waals surface area (Å²) in [5.74, 6) is -0.280. The highest BCUT2D eigenvalue weighted by Gasteiger charge is 2.09. The van der Waals surface area contributed by atoms with Crippen LogP contribution in [-0.4, -0.2) is 18.0 Å². The van der Waals surface area contributed by atoms with Crippen molar-refractivity contribution in [3.63, 3.8) is 0 Å². The Labute approximate surface area is 208 Å². The SMILES string of the molecule is CCCCCCc1ccc(/C=C/C(=O)Oc2ccc(-c3ccc(C(=O)OC(C)C)cc3)cc2)cc1. The number of carbonyl (C=O) groups excluding carboxylic acids is 2. The minimum Gasteiger partial charge on any atom is -0.459 e. The number of hydrogen-bond acceptors (Lipinski definition) is 4. The molecule has 0 radical (unpaired) electrons. The van der Waals surface area contributed by atoms with Gasteiger partial charge < -0.3 is 9.47 Å². The molecule has 182 valence electrons. The minimum absolute atomic E-state index is 0.155. The normalized spacial score (nSPS) is 11.1. The third kappa shape index (κ3) is 8.56. The third-order valence-electron chi connectivity index (χ3n) is 5.58. The average Bonchev–Trinajstić information content (AvgIpc) is 2.86. The van der Waals surface area contributed by atoms with Gasteiger partial charge in [0.1, 0.15) is 5.75 Å². The smallest absolute Gasteiger partial charge is 0.338 e. The van der Waals surface area contributed by atoms with Crippen LogP contribution in [0.1, 0.15) is 67.9 Å². The van der Waals surface area contributed by atoms with Gasteiger partial charge in [0, 0.05) is 6.08 Å². The van der Waals surface area contributed by atoms with Gasteiger partial charge in [-0.25, -0.2) is 9.59 Å². The Morgan fingerprint density at radius 1 is 0.800 bits per heavy atom. The number of unbranched alkanes of at least 4 members (excludes halogenated alkanes) is 3. The maximum atomic E-state index is 12.2. The van der Waals surface area contributed by atoms with Crippen LogP contribution in [0.5, 0.6) is 5.75 Å². The molecule has 0 N–H and O–H groups in total. The molecule has 0 bridgehead atoms. The van der Waals surface area contributed by atoms with E-state index in [0.717, 1.165) is 23.1 Å². The van der Waals surface area contributed by atoms with Crippen molar-refractivity contribution in [3.05, 3.63) is 95.6 Å². The van der Waals surface area contributed by atoms with E-state index in [-0.39, 0.29) is 12.1 Å². The number of rotatable bonds is 11. The summed E-state index contributed by atoms with van der Waals surface area (Å²) in [5, 5.41) is 0. The molecule has 0 aliphatic heterocycles. The molecule has 35 heavy (non-hydrogen) atoms. The number of esters is 2. The van der Waals surface area contributed by atoms with Gasteiger partial charge in [-0.3, -0.25) is 0 Å². The molecule has 0 saturated heterocycles. The van der Waals surface area contributed by atoms with Gasteiger partial charge in [0.15, 0.2) is 0 Å². The van der Waals surface area contributed by atoms with Crippen LogP contribution >= 0.6 is 0 Å². The molecule has 0 amide bonds. The van der Waals surface area contributed by atoms with Crippen LogP contribution in [0.15, 0.2) is 78.9 Å². The first kappa shape index (κ1) is 26.0. The topological polar surface area (TPSA) is 52.6 Å². The first-order valence-electron chi connectivity index (χ1n) is 12.3. The predicted octanol–water partition coefficient (Wildman–Crippen LogP) is 7.66. The standard InChI is InChI=1S/C31H34O4/c1-4-5-6-7-8-24-9-11-25(12-10-24)13-22-30(32)35-29-20-18-27(19-21-29)26-14-16-28(17-15-26)31(33)34-23(2)3/h9-23H,4-8H2,1-3H3/b22-13+. The molecule has 0 aliphatic rings. The zero-order valence-electron chi connectivity index (χ0n) is 20.8. The lowest BCUT2D eigenvalue weighted by Crippen LogP contribution is -2.11. The molecule has 4 nitrogen and oxygen atoms in total. The molecule has 0 saturated carbocycles. The molecule has 0 aliphatic carbocycles. The second-order valence-corrected chi connectivity index (χ2v) is 8.86. The monoisotopic (exact) mass is 470 g/mol. The Morgan fingerprint density at radius 2 is 1.43 bits per heavy atom. The Kier molecular flexibility index (Phi) is 9.85.